The smallest absolute Gasteiger partial charge is 0.229 e. The summed E-state index contributed by atoms with van der Waals surface area (Å²) in [5.41, 5.74) is 0.937. The predicted octanol–water partition coefficient (Wildman–Crippen LogP) is 0.980. The van der Waals surface area contributed by atoms with Gasteiger partial charge in [-0.25, -0.2) is 0 Å². The summed E-state index contributed by atoms with van der Waals surface area (Å²) in [6.07, 6.45) is 0.243. The first kappa shape index (κ1) is 10.1. The molecule has 11 heavy (non-hydrogen) atoms. The summed E-state index contributed by atoms with van der Waals surface area (Å²) in [5, 5.41) is 18.9. The van der Waals surface area contributed by atoms with Gasteiger partial charge in [0.2, 0.25) is 6.54 Å². The average Bonchev–Trinajstić information content (AvgIpc) is 1.82. The van der Waals surface area contributed by atoms with Crippen LogP contribution in [0.1, 0.15) is 19.8 Å². The van der Waals surface area contributed by atoms with Crippen LogP contribution >= 0.6 is 0 Å². The van der Waals surface area contributed by atoms with Gasteiger partial charge in [0.1, 0.15) is 6.10 Å². The van der Waals surface area contributed by atoms with E-state index in [1.54, 1.807) is 0 Å². The van der Waals surface area contributed by atoms with Crippen LogP contribution in [0.3, 0.4) is 0 Å². The van der Waals surface area contributed by atoms with Crippen molar-refractivity contribution >= 4 is 0 Å². The molecule has 0 heterocycles. The van der Waals surface area contributed by atoms with E-state index in [0.717, 1.165) is 5.57 Å². The number of hydrogen-bond donors (Lipinski definition) is 1. The lowest BCUT2D eigenvalue weighted by Crippen LogP contribution is -2.19. The number of allylic oxidation sites excluding steroid dienone is 1. The van der Waals surface area contributed by atoms with Gasteiger partial charge in [0.05, 0.1) is 0 Å². The van der Waals surface area contributed by atoms with Gasteiger partial charge in [-0.1, -0.05) is 5.57 Å². The van der Waals surface area contributed by atoms with Crippen molar-refractivity contribution in [2.75, 3.05) is 6.54 Å². The first-order valence-corrected chi connectivity index (χ1v) is 3.46. The maximum absolute atomic E-state index is 9.88. The summed E-state index contributed by atoms with van der Waals surface area (Å²) in [7, 11) is 0. The molecule has 0 saturated carbocycles. The topological polar surface area (TPSA) is 63.4 Å². The molecule has 0 radical (unpaired) electrons. The molecule has 0 spiro atoms. The molecule has 0 rings (SSSR count). The van der Waals surface area contributed by atoms with Crippen molar-refractivity contribution in [2.24, 2.45) is 0 Å². The normalized spacial score (nSPS) is 12.5. The Bertz CT molecular complexity index is 156. The van der Waals surface area contributed by atoms with Crippen molar-refractivity contribution < 1.29 is 10.0 Å². The molecule has 1 N–H and O–H groups in total. The highest BCUT2D eigenvalue weighted by atomic mass is 16.6. The number of aliphatic hydroxyl groups is 1. The Morgan fingerprint density at radius 1 is 1.82 bits per heavy atom. The lowest BCUT2D eigenvalue weighted by Gasteiger charge is -2.04. The standard InChI is InChI=1S/C7H13NO3/c1-6(2)3-4-7(9)5-8(10)11/h7,9H,1,3-5H2,2H3/t7-/m0/s1. The number of aliphatic hydroxyl groups excluding tert-OH is 1. The van der Waals surface area contributed by atoms with Crippen molar-refractivity contribution in [3.05, 3.63) is 22.3 Å². The molecular weight excluding hydrogens is 146 g/mol. The van der Waals surface area contributed by atoms with Crippen molar-refractivity contribution in [2.45, 2.75) is 25.9 Å². The fourth-order valence-electron chi connectivity index (χ4n) is 0.676. The summed E-state index contributed by atoms with van der Waals surface area (Å²) in [4.78, 5) is 9.37. The van der Waals surface area contributed by atoms with Gasteiger partial charge < -0.3 is 5.11 Å². The van der Waals surface area contributed by atoms with Crippen LogP contribution < -0.4 is 0 Å². The second-order valence-corrected chi connectivity index (χ2v) is 2.66. The third-order valence-corrected chi connectivity index (χ3v) is 1.26. The minimum atomic E-state index is -0.832. The Kier molecular flexibility index (Phi) is 4.45. The molecule has 0 aromatic heterocycles. The van der Waals surface area contributed by atoms with Crippen LogP contribution in [0.2, 0.25) is 0 Å². The number of rotatable bonds is 5. The van der Waals surface area contributed by atoms with Crippen molar-refractivity contribution in [1.82, 2.24) is 0 Å². The zero-order chi connectivity index (χ0) is 8.85. The van der Waals surface area contributed by atoms with Gasteiger partial charge in [0.15, 0.2) is 0 Å². The minimum absolute atomic E-state index is 0.368. The molecule has 0 fully saturated rings. The van der Waals surface area contributed by atoms with E-state index in [9.17, 15) is 10.1 Å². The summed E-state index contributed by atoms with van der Waals surface area (Å²) in [6.45, 7) is 5.09. The zero-order valence-corrected chi connectivity index (χ0v) is 6.62. The molecule has 0 bridgehead atoms. The van der Waals surface area contributed by atoms with Gasteiger partial charge in [-0.2, -0.15) is 0 Å². The SMILES string of the molecule is C=C(C)CC[C@H](O)C[N+](=O)[O-]. The van der Waals surface area contributed by atoms with Crippen LogP contribution in [-0.4, -0.2) is 22.7 Å². The Morgan fingerprint density at radius 3 is 2.73 bits per heavy atom. The molecule has 0 aliphatic heterocycles. The summed E-state index contributed by atoms with van der Waals surface area (Å²) in [5.74, 6) is 0. The van der Waals surface area contributed by atoms with Gasteiger partial charge in [-0.05, 0) is 19.8 Å². The van der Waals surface area contributed by atoms with E-state index in [1.807, 2.05) is 6.92 Å². The van der Waals surface area contributed by atoms with Crippen molar-refractivity contribution in [3.8, 4) is 0 Å². The summed E-state index contributed by atoms with van der Waals surface area (Å²) >= 11 is 0. The highest BCUT2D eigenvalue weighted by Crippen LogP contribution is 2.04. The van der Waals surface area contributed by atoms with Gasteiger partial charge >= 0.3 is 0 Å². The molecule has 0 amide bonds. The highest BCUT2D eigenvalue weighted by molar-refractivity contribution is 4.88. The molecule has 4 nitrogen and oxygen atoms in total. The van der Waals surface area contributed by atoms with E-state index in [1.165, 1.54) is 0 Å². The monoisotopic (exact) mass is 159 g/mol. The van der Waals surface area contributed by atoms with E-state index in [4.69, 9.17) is 5.11 Å². The second kappa shape index (κ2) is 4.85. The Morgan fingerprint density at radius 2 is 2.36 bits per heavy atom. The Balaban J connectivity index is 3.44. The fourth-order valence-corrected chi connectivity index (χ4v) is 0.676. The molecule has 4 heteroatoms. The molecule has 0 aromatic carbocycles. The van der Waals surface area contributed by atoms with E-state index in [0.29, 0.717) is 12.8 Å². The molecule has 0 saturated heterocycles. The third kappa shape index (κ3) is 6.99. The van der Waals surface area contributed by atoms with Gasteiger partial charge in [-0.3, -0.25) is 10.1 Å². The van der Waals surface area contributed by atoms with Gasteiger partial charge in [0.25, 0.3) is 0 Å². The van der Waals surface area contributed by atoms with Crippen LogP contribution in [0.25, 0.3) is 0 Å². The largest absolute Gasteiger partial charge is 0.386 e. The van der Waals surface area contributed by atoms with Crippen LogP contribution in [0, 0.1) is 10.1 Å². The van der Waals surface area contributed by atoms with E-state index in [-0.39, 0.29) is 6.54 Å². The lowest BCUT2D eigenvalue weighted by molar-refractivity contribution is -0.490. The van der Waals surface area contributed by atoms with Crippen LogP contribution in [-0.2, 0) is 0 Å². The van der Waals surface area contributed by atoms with E-state index < -0.39 is 11.0 Å². The molecule has 64 valence electrons. The number of nitrogens with zero attached hydrogens (tertiary/aromatic N) is 1. The Hall–Kier alpha value is -0.900. The maximum Gasteiger partial charge on any atom is 0.229 e. The van der Waals surface area contributed by atoms with Crippen LogP contribution in [0.5, 0.6) is 0 Å². The minimum Gasteiger partial charge on any atom is -0.386 e. The quantitative estimate of drug-likeness (QED) is 0.369. The highest BCUT2D eigenvalue weighted by Gasteiger charge is 2.10. The molecule has 1 atom stereocenters. The first-order chi connectivity index (χ1) is 5.02. The van der Waals surface area contributed by atoms with Crippen LogP contribution in [0.4, 0.5) is 0 Å². The second-order valence-electron chi connectivity index (χ2n) is 2.66. The van der Waals surface area contributed by atoms with Gasteiger partial charge in [-0.15, -0.1) is 6.58 Å². The summed E-state index contributed by atoms with van der Waals surface area (Å²) < 4.78 is 0. The summed E-state index contributed by atoms with van der Waals surface area (Å²) in [6, 6.07) is 0. The van der Waals surface area contributed by atoms with Gasteiger partial charge in [0, 0.05) is 4.92 Å². The van der Waals surface area contributed by atoms with E-state index in [2.05, 4.69) is 6.58 Å². The maximum atomic E-state index is 9.88. The molecule has 0 unspecified atom stereocenters. The first-order valence-electron chi connectivity index (χ1n) is 3.46. The number of nitro groups is 1. The molecule has 0 aliphatic carbocycles. The van der Waals surface area contributed by atoms with Crippen molar-refractivity contribution in [1.29, 1.82) is 0 Å². The fraction of sp³-hybridized carbons (Fsp3) is 0.714. The molecular formula is C7H13NO3. The predicted molar refractivity (Wildman–Crippen MR) is 41.9 cm³/mol. The molecule has 0 aromatic rings. The van der Waals surface area contributed by atoms with Crippen molar-refractivity contribution in [3.63, 3.8) is 0 Å². The van der Waals surface area contributed by atoms with E-state index >= 15 is 0 Å². The van der Waals surface area contributed by atoms with Crippen LogP contribution in [0.15, 0.2) is 12.2 Å². The number of hydrogen-bond acceptors (Lipinski definition) is 3. The zero-order valence-electron chi connectivity index (χ0n) is 6.62. The third-order valence-electron chi connectivity index (χ3n) is 1.26. The lowest BCUT2D eigenvalue weighted by atomic mass is 10.1. The Labute approximate surface area is 65.7 Å². The molecule has 0 aliphatic rings. The average molecular weight is 159 g/mol.